The van der Waals surface area contributed by atoms with Gasteiger partial charge in [0.25, 0.3) is 11.7 Å². The van der Waals surface area contributed by atoms with Gasteiger partial charge in [0.2, 0.25) is 5.91 Å². The molecule has 24 heavy (non-hydrogen) atoms. The fourth-order valence-electron chi connectivity index (χ4n) is 2.41. The van der Waals surface area contributed by atoms with Gasteiger partial charge in [0, 0.05) is 6.54 Å². The zero-order valence-corrected chi connectivity index (χ0v) is 13.9. The number of likely N-dealkylation sites (N-methyl/N-ethyl adjacent to an activating group) is 1. The fourth-order valence-corrected chi connectivity index (χ4v) is 2.41. The molecule has 2 N–H and O–H groups in total. The van der Waals surface area contributed by atoms with Gasteiger partial charge >= 0.3 is 0 Å². The van der Waals surface area contributed by atoms with Crippen molar-refractivity contribution < 1.29 is 14.4 Å². The Morgan fingerprint density at radius 2 is 1.75 bits per heavy atom. The van der Waals surface area contributed by atoms with E-state index in [1.54, 1.807) is 25.5 Å². The van der Waals surface area contributed by atoms with Crippen LogP contribution in [0.1, 0.15) is 28.7 Å². The summed E-state index contributed by atoms with van der Waals surface area (Å²) < 4.78 is 1.62. The van der Waals surface area contributed by atoms with Gasteiger partial charge in [-0.25, -0.2) is 4.68 Å². The smallest absolute Gasteiger partial charge is 0.292 e. The highest BCUT2D eigenvalue weighted by Gasteiger charge is 2.25. The van der Waals surface area contributed by atoms with E-state index in [1.807, 2.05) is 30.3 Å². The van der Waals surface area contributed by atoms with Gasteiger partial charge in [0.15, 0.2) is 0 Å². The molecular weight excluding hydrogens is 308 g/mol. The number of rotatable bonds is 6. The third kappa shape index (κ3) is 3.68. The van der Waals surface area contributed by atoms with Crippen LogP contribution in [0.15, 0.2) is 30.3 Å². The van der Waals surface area contributed by atoms with E-state index in [0.717, 1.165) is 5.69 Å². The Labute approximate surface area is 140 Å². The summed E-state index contributed by atoms with van der Waals surface area (Å²) in [6.07, 6.45) is 0. The van der Waals surface area contributed by atoms with E-state index in [-0.39, 0.29) is 18.0 Å². The van der Waals surface area contributed by atoms with Crippen LogP contribution in [0.4, 0.5) is 0 Å². The minimum Gasteiger partial charge on any atom is -0.355 e. The SMILES string of the molecule is CCNC(=O)CNC(=O)C(=O)c1c(C)nn(-c2ccccc2)c1C. The Morgan fingerprint density at radius 3 is 2.38 bits per heavy atom. The van der Waals surface area contributed by atoms with E-state index in [1.165, 1.54) is 0 Å². The summed E-state index contributed by atoms with van der Waals surface area (Å²) in [5.41, 5.74) is 2.11. The largest absolute Gasteiger partial charge is 0.355 e. The molecule has 1 aromatic heterocycles. The summed E-state index contributed by atoms with van der Waals surface area (Å²) in [4.78, 5) is 35.8. The summed E-state index contributed by atoms with van der Waals surface area (Å²) in [5, 5.41) is 9.22. The van der Waals surface area contributed by atoms with Crippen LogP contribution in [0.25, 0.3) is 5.69 Å². The number of aromatic nitrogens is 2. The van der Waals surface area contributed by atoms with E-state index in [2.05, 4.69) is 15.7 Å². The molecule has 0 fully saturated rings. The highest BCUT2D eigenvalue weighted by Crippen LogP contribution is 2.18. The number of ketones is 1. The van der Waals surface area contributed by atoms with E-state index >= 15 is 0 Å². The van der Waals surface area contributed by atoms with Gasteiger partial charge in [-0.05, 0) is 32.9 Å². The second-order valence-electron chi connectivity index (χ2n) is 5.26. The molecule has 2 aromatic rings. The molecule has 0 aliphatic heterocycles. The molecule has 2 rings (SSSR count). The lowest BCUT2D eigenvalue weighted by Gasteiger charge is -2.06. The van der Waals surface area contributed by atoms with Crippen molar-refractivity contribution in [2.24, 2.45) is 0 Å². The van der Waals surface area contributed by atoms with Gasteiger partial charge in [0.05, 0.1) is 29.2 Å². The number of nitrogens with one attached hydrogen (secondary N) is 2. The normalized spacial score (nSPS) is 10.3. The zero-order chi connectivity index (χ0) is 17.7. The molecule has 0 aliphatic carbocycles. The van der Waals surface area contributed by atoms with Crippen LogP contribution < -0.4 is 10.6 Å². The number of nitrogens with zero attached hydrogens (tertiary/aromatic N) is 2. The summed E-state index contributed by atoms with van der Waals surface area (Å²) in [5.74, 6) is -1.86. The van der Waals surface area contributed by atoms with Crippen molar-refractivity contribution in [3.8, 4) is 5.69 Å². The highest BCUT2D eigenvalue weighted by molar-refractivity contribution is 6.43. The Bertz CT molecular complexity index is 766. The van der Waals surface area contributed by atoms with Crippen molar-refractivity contribution in [1.29, 1.82) is 0 Å². The van der Waals surface area contributed by atoms with E-state index < -0.39 is 11.7 Å². The van der Waals surface area contributed by atoms with Crippen molar-refractivity contribution in [2.75, 3.05) is 13.1 Å². The first-order chi connectivity index (χ1) is 11.5. The number of para-hydroxylation sites is 1. The molecule has 0 bridgehead atoms. The number of hydrogen-bond acceptors (Lipinski definition) is 4. The molecule has 0 saturated heterocycles. The number of carbonyl (C=O) groups is 3. The zero-order valence-electron chi connectivity index (χ0n) is 13.9. The number of benzene rings is 1. The molecule has 0 spiro atoms. The number of aryl methyl sites for hydroxylation is 1. The molecule has 0 atom stereocenters. The second kappa shape index (κ2) is 7.54. The molecule has 126 valence electrons. The predicted octanol–water partition coefficient (Wildman–Crippen LogP) is 0.924. The minimum absolute atomic E-state index is 0.233. The standard InChI is InChI=1S/C17H20N4O3/c1-4-18-14(22)10-19-17(24)16(23)15-11(2)20-21(12(15)3)13-8-6-5-7-9-13/h5-9H,4,10H2,1-3H3,(H,18,22)(H,19,24). The van der Waals surface area contributed by atoms with E-state index in [0.29, 0.717) is 17.9 Å². The van der Waals surface area contributed by atoms with Crippen molar-refractivity contribution >= 4 is 17.6 Å². The van der Waals surface area contributed by atoms with Gasteiger partial charge in [-0.2, -0.15) is 5.10 Å². The topological polar surface area (TPSA) is 93.1 Å². The van der Waals surface area contributed by atoms with Crippen LogP contribution in [0.5, 0.6) is 0 Å². The maximum absolute atomic E-state index is 12.4. The van der Waals surface area contributed by atoms with Crippen LogP contribution in [0.2, 0.25) is 0 Å². The molecule has 0 radical (unpaired) electrons. The predicted molar refractivity (Wildman–Crippen MR) is 89.1 cm³/mol. The molecule has 0 aliphatic rings. The van der Waals surface area contributed by atoms with Crippen molar-refractivity contribution in [1.82, 2.24) is 20.4 Å². The molecule has 1 aromatic carbocycles. The van der Waals surface area contributed by atoms with Crippen LogP contribution in [0, 0.1) is 13.8 Å². The Kier molecular flexibility index (Phi) is 5.47. The van der Waals surface area contributed by atoms with Crippen LogP contribution >= 0.6 is 0 Å². The lowest BCUT2D eigenvalue weighted by atomic mass is 10.1. The molecule has 2 amide bonds. The fraction of sp³-hybridized carbons (Fsp3) is 0.294. The van der Waals surface area contributed by atoms with Crippen LogP contribution in [-0.2, 0) is 9.59 Å². The lowest BCUT2D eigenvalue weighted by molar-refractivity contribution is -0.123. The molecular formula is C17H20N4O3. The van der Waals surface area contributed by atoms with E-state index in [4.69, 9.17) is 0 Å². The molecule has 0 saturated carbocycles. The summed E-state index contributed by atoms with van der Waals surface area (Å²) >= 11 is 0. The molecule has 1 heterocycles. The quantitative estimate of drug-likeness (QED) is 0.609. The summed E-state index contributed by atoms with van der Waals surface area (Å²) in [7, 11) is 0. The third-order valence-corrected chi connectivity index (χ3v) is 3.51. The second-order valence-corrected chi connectivity index (χ2v) is 5.26. The average Bonchev–Trinajstić information content (AvgIpc) is 2.87. The number of hydrogen-bond donors (Lipinski definition) is 2. The first-order valence-corrected chi connectivity index (χ1v) is 7.66. The van der Waals surface area contributed by atoms with Crippen LogP contribution in [-0.4, -0.2) is 40.5 Å². The van der Waals surface area contributed by atoms with Gasteiger partial charge < -0.3 is 10.6 Å². The maximum atomic E-state index is 12.4. The van der Waals surface area contributed by atoms with Crippen molar-refractivity contribution in [3.05, 3.63) is 47.3 Å². The third-order valence-electron chi connectivity index (χ3n) is 3.51. The lowest BCUT2D eigenvalue weighted by Crippen LogP contribution is -2.40. The number of amides is 2. The van der Waals surface area contributed by atoms with Crippen molar-refractivity contribution in [2.45, 2.75) is 20.8 Å². The maximum Gasteiger partial charge on any atom is 0.292 e. The van der Waals surface area contributed by atoms with Gasteiger partial charge in [0.1, 0.15) is 0 Å². The summed E-state index contributed by atoms with van der Waals surface area (Å²) in [6.45, 7) is 5.41. The number of Topliss-reactive ketones (excluding diaryl/α,β-unsaturated/α-hetero) is 1. The first-order valence-electron chi connectivity index (χ1n) is 7.66. The summed E-state index contributed by atoms with van der Waals surface area (Å²) in [6, 6.07) is 9.35. The Hall–Kier alpha value is -2.96. The number of carbonyl (C=O) groups excluding carboxylic acids is 3. The molecule has 0 unspecified atom stereocenters. The average molecular weight is 328 g/mol. The van der Waals surface area contributed by atoms with Crippen LogP contribution in [0.3, 0.4) is 0 Å². The van der Waals surface area contributed by atoms with Gasteiger partial charge in [-0.3, -0.25) is 14.4 Å². The molecule has 7 nitrogen and oxygen atoms in total. The van der Waals surface area contributed by atoms with E-state index in [9.17, 15) is 14.4 Å². The molecule has 7 heteroatoms. The Morgan fingerprint density at radius 1 is 1.08 bits per heavy atom. The monoisotopic (exact) mass is 328 g/mol. The Balaban J connectivity index is 2.20. The minimum atomic E-state index is -0.819. The van der Waals surface area contributed by atoms with Gasteiger partial charge in [-0.15, -0.1) is 0 Å². The highest BCUT2D eigenvalue weighted by atomic mass is 16.2. The first kappa shape index (κ1) is 17.4. The van der Waals surface area contributed by atoms with Gasteiger partial charge in [-0.1, -0.05) is 18.2 Å². The van der Waals surface area contributed by atoms with Crippen molar-refractivity contribution in [3.63, 3.8) is 0 Å².